The number of nitrogens with one attached hydrogen (secondary N) is 2. The van der Waals surface area contributed by atoms with Crippen molar-refractivity contribution in [2.24, 2.45) is 4.99 Å². The lowest BCUT2D eigenvalue weighted by Crippen LogP contribution is -2.36. The SMILES string of the molecule is CCOCc1ccc(CNC(=NC)NCc2ccc(C)cc2OCC2CCCO2)cc1. The molecule has 1 heterocycles. The van der Waals surface area contributed by atoms with Crippen LogP contribution in [0.3, 0.4) is 0 Å². The predicted octanol–water partition coefficient (Wildman–Crippen LogP) is 3.95. The molecule has 168 valence electrons. The second-order valence-corrected chi connectivity index (χ2v) is 7.79. The van der Waals surface area contributed by atoms with Crippen LogP contribution < -0.4 is 15.4 Å². The van der Waals surface area contributed by atoms with Gasteiger partial charge in [-0.05, 0) is 49.4 Å². The van der Waals surface area contributed by atoms with Crippen LogP contribution in [0.5, 0.6) is 5.75 Å². The van der Waals surface area contributed by atoms with Gasteiger partial charge in [0, 0.05) is 38.9 Å². The first-order valence-corrected chi connectivity index (χ1v) is 11.1. The molecule has 2 aromatic carbocycles. The van der Waals surface area contributed by atoms with Gasteiger partial charge in [-0.15, -0.1) is 0 Å². The summed E-state index contributed by atoms with van der Waals surface area (Å²) in [5, 5.41) is 6.76. The van der Waals surface area contributed by atoms with Crippen LogP contribution in [0, 0.1) is 6.92 Å². The van der Waals surface area contributed by atoms with Gasteiger partial charge in [0.25, 0.3) is 0 Å². The van der Waals surface area contributed by atoms with Crippen molar-refractivity contribution in [3.8, 4) is 5.75 Å². The summed E-state index contributed by atoms with van der Waals surface area (Å²) < 4.78 is 17.2. The summed E-state index contributed by atoms with van der Waals surface area (Å²) in [6, 6.07) is 14.7. The molecule has 1 aliphatic rings. The van der Waals surface area contributed by atoms with Crippen LogP contribution in [0.1, 0.15) is 42.0 Å². The van der Waals surface area contributed by atoms with E-state index in [2.05, 4.69) is 65.0 Å². The van der Waals surface area contributed by atoms with E-state index in [1.54, 1.807) is 7.05 Å². The highest BCUT2D eigenvalue weighted by atomic mass is 16.5. The van der Waals surface area contributed by atoms with Crippen molar-refractivity contribution in [3.63, 3.8) is 0 Å². The van der Waals surface area contributed by atoms with E-state index in [0.717, 1.165) is 43.3 Å². The molecule has 2 N–H and O–H groups in total. The molecule has 1 unspecified atom stereocenters. The van der Waals surface area contributed by atoms with Crippen LogP contribution in [0.4, 0.5) is 0 Å². The molecule has 0 radical (unpaired) electrons. The predicted molar refractivity (Wildman–Crippen MR) is 124 cm³/mol. The molecule has 0 aliphatic carbocycles. The standard InChI is InChI=1S/C25H35N3O3/c1-4-29-17-21-10-8-20(9-11-21)15-27-25(26-3)28-16-22-12-7-19(2)14-24(22)31-18-23-6-5-13-30-23/h7-12,14,23H,4-6,13,15-18H2,1-3H3,(H2,26,27,28). The highest BCUT2D eigenvalue weighted by molar-refractivity contribution is 5.79. The number of hydrogen-bond acceptors (Lipinski definition) is 4. The highest BCUT2D eigenvalue weighted by Crippen LogP contribution is 2.22. The number of guanidine groups is 1. The Morgan fingerprint density at radius 1 is 1.10 bits per heavy atom. The van der Waals surface area contributed by atoms with Crippen molar-refractivity contribution >= 4 is 5.96 Å². The van der Waals surface area contributed by atoms with Crippen molar-refractivity contribution in [2.45, 2.75) is 52.5 Å². The molecule has 0 aromatic heterocycles. The Hall–Kier alpha value is -2.57. The average Bonchev–Trinajstić information content (AvgIpc) is 3.32. The smallest absolute Gasteiger partial charge is 0.191 e. The zero-order chi connectivity index (χ0) is 21.9. The first kappa shape index (κ1) is 23.1. The summed E-state index contributed by atoms with van der Waals surface area (Å²) in [6.45, 7) is 8.24. The van der Waals surface area contributed by atoms with E-state index >= 15 is 0 Å². The number of nitrogens with zero attached hydrogens (tertiary/aromatic N) is 1. The largest absolute Gasteiger partial charge is 0.491 e. The third-order valence-electron chi connectivity index (χ3n) is 5.30. The van der Waals surface area contributed by atoms with Crippen LogP contribution in [0.15, 0.2) is 47.5 Å². The average molecular weight is 426 g/mol. The molecule has 1 aliphatic heterocycles. The molecule has 1 saturated heterocycles. The second kappa shape index (κ2) is 12.3. The van der Waals surface area contributed by atoms with Crippen LogP contribution in [0.2, 0.25) is 0 Å². The minimum Gasteiger partial charge on any atom is -0.491 e. The molecule has 3 rings (SSSR count). The molecule has 31 heavy (non-hydrogen) atoms. The molecule has 1 fully saturated rings. The zero-order valence-corrected chi connectivity index (χ0v) is 18.9. The zero-order valence-electron chi connectivity index (χ0n) is 18.9. The topological polar surface area (TPSA) is 64.1 Å². The Labute approximate surface area is 186 Å². The Balaban J connectivity index is 1.50. The van der Waals surface area contributed by atoms with Gasteiger partial charge in [0.15, 0.2) is 5.96 Å². The molecule has 0 bridgehead atoms. The quantitative estimate of drug-likeness (QED) is 0.446. The van der Waals surface area contributed by atoms with Crippen molar-refractivity contribution < 1.29 is 14.2 Å². The molecule has 2 aromatic rings. The Bertz CT molecular complexity index is 830. The lowest BCUT2D eigenvalue weighted by atomic mass is 10.1. The summed E-state index contributed by atoms with van der Waals surface area (Å²) in [5.74, 6) is 1.66. The van der Waals surface area contributed by atoms with Gasteiger partial charge in [-0.3, -0.25) is 4.99 Å². The minimum atomic E-state index is 0.204. The second-order valence-electron chi connectivity index (χ2n) is 7.79. The number of aliphatic imine (C=N–C) groups is 1. The number of hydrogen-bond donors (Lipinski definition) is 2. The number of aryl methyl sites for hydroxylation is 1. The maximum absolute atomic E-state index is 6.10. The first-order valence-electron chi connectivity index (χ1n) is 11.1. The van der Waals surface area contributed by atoms with E-state index in [4.69, 9.17) is 14.2 Å². The summed E-state index contributed by atoms with van der Waals surface area (Å²) in [4.78, 5) is 4.35. The maximum atomic E-state index is 6.10. The van der Waals surface area contributed by atoms with E-state index < -0.39 is 0 Å². The fourth-order valence-corrected chi connectivity index (χ4v) is 3.46. The first-order chi connectivity index (χ1) is 15.2. The molecule has 0 amide bonds. The Morgan fingerprint density at radius 3 is 2.58 bits per heavy atom. The van der Waals surface area contributed by atoms with Crippen LogP contribution in [-0.4, -0.2) is 38.9 Å². The molecule has 6 heteroatoms. The van der Waals surface area contributed by atoms with Gasteiger partial charge in [-0.25, -0.2) is 0 Å². The number of benzene rings is 2. The third kappa shape index (κ3) is 7.56. The molecular weight excluding hydrogens is 390 g/mol. The van der Waals surface area contributed by atoms with Crippen molar-refractivity contribution in [3.05, 3.63) is 64.7 Å². The van der Waals surface area contributed by atoms with E-state index in [9.17, 15) is 0 Å². The van der Waals surface area contributed by atoms with Crippen LogP contribution >= 0.6 is 0 Å². The monoisotopic (exact) mass is 425 g/mol. The van der Waals surface area contributed by atoms with Gasteiger partial charge >= 0.3 is 0 Å². The lowest BCUT2D eigenvalue weighted by molar-refractivity contribution is 0.0676. The Kier molecular flexibility index (Phi) is 9.18. The molecular formula is C25H35N3O3. The van der Waals surface area contributed by atoms with Gasteiger partial charge in [-0.1, -0.05) is 36.4 Å². The number of rotatable bonds is 10. The van der Waals surface area contributed by atoms with E-state index in [0.29, 0.717) is 26.3 Å². The summed E-state index contributed by atoms with van der Waals surface area (Å²) in [7, 11) is 1.78. The summed E-state index contributed by atoms with van der Waals surface area (Å²) >= 11 is 0. The normalized spacial score (nSPS) is 16.4. The van der Waals surface area contributed by atoms with Crippen molar-refractivity contribution in [2.75, 3.05) is 26.9 Å². The maximum Gasteiger partial charge on any atom is 0.191 e. The fourth-order valence-electron chi connectivity index (χ4n) is 3.46. The van der Waals surface area contributed by atoms with Gasteiger partial charge in [0.1, 0.15) is 12.4 Å². The summed E-state index contributed by atoms with van der Waals surface area (Å²) in [5.41, 5.74) is 4.66. The van der Waals surface area contributed by atoms with Gasteiger partial charge < -0.3 is 24.8 Å². The van der Waals surface area contributed by atoms with Crippen molar-refractivity contribution in [1.29, 1.82) is 0 Å². The van der Waals surface area contributed by atoms with Crippen molar-refractivity contribution in [1.82, 2.24) is 10.6 Å². The van der Waals surface area contributed by atoms with Crippen LogP contribution in [-0.2, 0) is 29.2 Å². The minimum absolute atomic E-state index is 0.204. The van der Waals surface area contributed by atoms with Crippen LogP contribution in [0.25, 0.3) is 0 Å². The van der Waals surface area contributed by atoms with E-state index in [1.165, 1.54) is 16.7 Å². The highest BCUT2D eigenvalue weighted by Gasteiger charge is 2.17. The molecule has 0 spiro atoms. The third-order valence-corrected chi connectivity index (χ3v) is 5.30. The van der Waals surface area contributed by atoms with E-state index in [1.807, 2.05) is 6.92 Å². The molecule has 0 saturated carbocycles. The number of ether oxygens (including phenoxy) is 3. The summed E-state index contributed by atoms with van der Waals surface area (Å²) in [6.07, 6.45) is 2.39. The Morgan fingerprint density at radius 2 is 1.87 bits per heavy atom. The molecule has 1 atom stereocenters. The van der Waals surface area contributed by atoms with Gasteiger partial charge in [0.05, 0.1) is 12.7 Å². The lowest BCUT2D eigenvalue weighted by Gasteiger charge is -2.17. The van der Waals surface area contributed by atoms with E-state index in [-0.39, 0.29) is 6.10 Å². The van der Waals surface area contributed by atoms with Gasteiger partial charge in [-0.2, -0.15) is 0 Å². The fraction of sp³-hybridized carbons (Fsp3) is 0.480. The molecule has 6 nitrogen and oxygen atoms in total. The van der Waals surface area contributed by atoms with Gasteiger partial charge in [0.2, 0.25) is 0 Å².